The second-order valence-electron chi connectivity index (χ2n) is 4.20. The minimum absolute atomic E-state index is 0.434. The average Bonchev–Trinajstić information content (AvgIpc) is 2.46. The van der Waals surface area contributed by atoms with Crippen LogP contribution in [0, 0.1) is 0 Å². The Morgan fingerprint density at radius 1 is 1.10 bits per heavy atom. The van der Waals surface area contributed by atoms with Crippen molar-refractivity contribution in [2.45, 2.75) is 0 Å². The van der Waals surface area contributed by atoms with E-state index in [9.17, 15) is 0 Å². The van der Waals surface area contributed by atoms with E-state index in [0.717, 1.165) is 26.7 Å². The smallest absolute Gasteiger partial charge is 0.165 e. The van der Waals surface area contributed by atoms with E-state index < -0.39 is 0 Å². The van der Waals surface area contributed by atoms with E-state index in [4.69, 9.17) is 16.3 Å². The lowest BCUT2D eigenvalue weighted by Gasteiger charge is -2.08. The van der Waals surface area contributed by atoms with Crippen LogP contribution in [-0.4, -0.2) is 17.1 Å². The first kappa shape index (κ1) is 13.3. The van der Waals surface area contributed by atoms with E-state index in [1.54, 1.807) is 7.11 Å². The van der Waals surface area contributed by atoms with Crippen molar-refractivity contribution in [2.24, 2.45) is 0 Å². The van der Waals surface area contributed by atoms with Crippen LogP contribution < -0.4 is 4.74 Å². The summed E-state index contributed by atoms with van der Waals surface area (Å²) in [5.74, 6) is 1.27. The van der Waals surface area contributed by atoms with Crippen LogP contribution in [0.15, 0.2) is 46.9 Å². The molecule has 100 valence electrons. The zero-order valence-electron chi connectivity index (χ0n) is 10.6. The van der Waals surface area contributed by atoms with Gasteiger partial charge in [-0.1, -0.05) is 39.7 Å². The van der Waals surface area contributed by atoms with Crippen LogP contribution in [-0.2, 0) is 0 Å². The van der Waals surface area contributed by atoms with Gasteiger partial charge in [-0.25, -0.2) is 9.97 Å². The van der Waals surface area contributed by atoms with Gasteiger partial charge in [0.05, 0.1) is 18.2 Å². The van der Waals surface area contributed by atoms with Crippen molar-refractivity contribution in [2.75, 3.05) is 7.11 Å². The topological polar surface area (TPSA) is 35.0 Å². The fourth-order valence-electron chi connectivity index (χ4n) is 2.01. The molecule has 1 aromatic heterocycles. The van der Waals surface area contributed by atoms with Gasteiger partial charge in [-0.2, -0.15) is 0 Å². The monoisotopic (exact) mass is 348 g/mol. The van der Waals surface area contributed by atoms with Crippen LogP contribution >= 0.6 is 27.5 Å². The number of rotatable bonds is 2. The summed E-state index contributed by atoms with van der Waals surface area (Å²) in [6.45, 7) is 0. The molecule has 20 heavy (non-hydrogen) atoms. The number of fused-ring (bicyclic) bond motifs is 1. The Hall–Kier alpha value is -1.65. The van der Waals surface area contributed by atoms with Gasteiger partial charge in [0.25, 0.3) is 0 Å². The summed E-state index contributed by atoms with van der Waals surface area (Å²) in [7, 11) is 1.62. The number of benzene rings is 2. The van der Waals surface area contributed by atoms with Crippen LogP contribution in [0.4, 0.5) is 0 Å². The molecule has 0 saturated carbocycles. The molecule has 1 heterocycles. The molecule has 0 bridgehead atoms. The number of methoxy groups -OCH3 is 1. The second-order valence-corrected chi connectivity index (χ2v) is 5.47. The Morgan fingerprint density at radius 3 is 2.70 bits per heavy atom. The molecule has 3 rings (SSSR count). The highest BCUT2D eigenvalue weighted by molar-refractivity contribution is 9.10. The molecule has 5 heteroatoms. The molecule has 2 aromatic carbocycles. The fourth-order valence-corrected chi connectivity index (χ4v) is 2.60. The maximum Gasteiger partial charge on any atom is 0.165 e. The molecular weight excluding hydrogens is 340 g/mol. The number of para-hydroxylation sites is 1. The third-order valence-electron chi connectivity index (χ3n) is 2.96. The van der Waals surface area contributed by atoms with E-state index in [1.807, 2.05) is 42.5 Å². The lowest BCUT2D eigenvalue weighted by molar-refractivity contribution is 0.416. The van der Waals surface area contributed by atoms with E-state index in [1.165, 1.54) is 0 Å². The number of aromatic nitrogens is 2. The van der Waals surface area contributed by atoms with Gasteiger partial charge in [0, 0.05) is 9.86 Å². The van der Waals surface area contributed by atoms with Gasteiger partial charge in [-0.05, 0) is 30.3 Å². The molecule has 0 unspecified atom stereocenters. The predicted octanol–water partition coefficient (Wildman–Crippen LogP) is 4.72. The molecule has 0 atom stereocenters. The van der Waals surface area contributed by atoms with Crippen molar-refractivity contribution >= 4 is 38.4 Å². The molecule has 0 radical (unpaired) electrons. The molecule has 0 aliphatic rings. The van der Waals surface area contributed by atoms with Gasteiger partial charge in [0.2, 0.25) is 0 Å². The molecule has 3 aromatic rings. The van der Waals surface area contributed by atoms with E-state index in [2.05, 4.69) is 25.9 Å². The van der Waals surface area contributed by atoms with E-state index in [-0.39, 0.29) is 0 Å². The quantitative estimate of drug-likeness (QED) is 0.628. The third-order valence-corrected chi connectivity index (χ3v) is 3.74. The number of nitrogens with zero attached hydrogens (tertiary/aromatic N) is 2. The number of hydrogen-bond donors (Lipinski definition) is 0. The lowest BCUT2D eigenvalue weighted by Crippen LogP contribution is -1.94. The highest BCUT2D eigenvalue weighted by Crippen LogP contribution is 2.31. The maximum absolute atomic E-state index is 6.25. The van der Waals surface area contributed by atoms with Crippen LogP contribution in [0.2, 0.25) is 5.15 Å². The fraction of sp³-hybridized carbons (Fsp3) is 0.0667. The molecule has 0 fully saturated rings. The Morgan fingerprint density at radius 2 is 1.90 bits per heavy atom. The molecule has 0 aliphatic heterocycles. The van der Waals surface area contributed by atoms with Crippen LogP contribution in [0.1, 0.15) is 0 Å². The second kappa shape index (κ2) is 5.38. The van der Waals surface area contributed by atoms with Crippen molar-refractivity contribution in [3.05, 3.63) is 52.1 Å². The van der Waals surface area contributed by atoms with Crippen LogP contribution in [0.25, 0.3) is 22.3 Å². The summed E-state index contributed by atoms with van der Waals surface area (Å²) in [5.41, 5.74) is 1.61. The zero-order chi connectivity index (χ0) is 14.1. The van der Waals surface area contributed by atoms with Gasteiger partial charge in [-0.15, -0.1) is 0 Å². The molecular formula is C15H10BrClN2O. The molecule has 0 aliphatic carbocycles. The standard InChI is InChI=1S/C15H10BrClN2O/c1-20-13-5-3-2-4-11(13)15-18-12-8-9(16)6-7-10(12)14(17)19-15/h2-8H,1H3. The first-order valence-corrected chi connectivity index (χ1v) is 7.12. The largest absolute Gasteiger partial charge is 0.496 e. The van der Waals surface area contributed by atoms with Gasteiger partial charge < -0.3 is 4.74 Å². The van der Waals surface area contributed by atoms with Gasteiger partial charge in [0.15, 0.2) is 5.82 Å². The van der Waals surface area contributed by atoms with Crippen molar-refractivity contribution in [1.82, 2.24) is 9.97 Å². The summed E-state index contributed by atoms with van der Waals surface area (Å²) in [4.78, 5) is 8.94. The number of hydrogen-bond acceptors (Lipinski definition) is 3. The van der Waals surface area contributed by atoms with E-state index >= 15 is 0 Å². The van der Waals surface area contributed by atoms with Crippen molar-refractivity contribution in [3.63, 3.8) is 0 Å². The molecule has 0 saturated heterocycles. The first-order valence-electron chi connectivity index (χ1n) is 5.95. The maximum atomic E-state index is 6.25. The Bertz CT molecular complexity index is 792. The SMILES string of the molecule is COc1ccccc1-c1nc(Cl)c2ccc(Br)cc2n1. The third kappa shape index (κ3) is 2.37. The predicted molar refractivity (Wildman–Crippen MR) is 84.2 cm³/mol. The Kier molecular flexibility index (Phi) is 3.59. The van der Waals surface area contributed by atoms with Crippen molar-refractivity contribution in [3.8, 4) is 17.1 Å². The Balaban J connectivity index is 2.26. The van der Waals surface area contributed by atoms with Gasteiger partial charge >= 0.3 is 0 Å². The highest BCUT2D eigenvalue weighted by Gasteiger charge is 2.11. The van der Waals surface area contributed by atoms with Gasteiger partial charge in [0.1, 0.15) is 10.9 Å². The number of halogens is 2. The average molecular weight is 350 g/mol. The highest BCUT2D eigenvalue weighted by atomic mass is 79.9. The van der Waals surface area contributed by atoms with Gasteiger partial charge in [-0.3, -0.25) is 0 Å². The van der Waals surface area contributed by atoms with E-state index in [0.29, 0.717) is 11.0 Å². The summed E-state index contributed by atoms with van der Waals surface area (Å²) in [6, 6.07) is 13.3. The molecule has 0 amide bonds. The van der Waals surface area contributed by atoms with Crippen molar-refractivity contribution < 1.29 is 4.74 Å². The van der Waals surface area contributed by atoms with Crippen LogP contribution in [0.5, 0.6) is 5.75 Å². The molecule has 0 N–H and O–H groups in total. The summed E-state index contributed by atoms with van der Waals surface area (Å²) < 4.78 is 6.29. The lowest BCUT2D eigenvalue weighted by atomic mass is 10.1. The zero-order valence-corrected chi connectivity index (χ0v) is 12.9. The summed E-state index contributed by atoms with van der Waals surface area (Å²) >= 11 is 9.69. The minimum Gasteiger partial charge on any atom is -0.496 e. The first-order chi connectivity index (χ1) is 9.69. The minimum atomic E-state index is 0.434. The van der Waals surface area contributed by atoms with Crippen molar-refractivity contribution in [1.29, 1.82) is 0 Å². The Labute approximate surface area is 129 Å². The van der Waals surface area contributed by atoms with Crippen LogP contribution in [0.3, 0.4) is 0 Å². The number of ether oxygens (including phenoxy) is 1. The molecule has 3 nitrogen and oxygen atoms in total. The normalized spacial score (nSPS) is 10.8. The summed E-state index contributed by atoms with van der Waals surface area (Å²) in [5, 5.41) is 1.26. The summed E-state index contributed by atoms with van der Waals surface area (Å²) in [6.07, 6.45) is 0. The molecule has 0 spiro atoms.